The minimum Gasteiger partial charge on any atom is -0.481 e. The van der Waals surface area contributed by atoms with E-state index >= 15 is 0 Å². The molecule has 0 unspecified atom stereocenters. The van der Waals surface area contributed by atoms with Gasteiger partial charge in [0.05, 0.1) is 25.6 Å². The Hall–Kier alpha value is -1.63. The van der Waals surface area contributed by atoms with Gasteiger partial charge >= 0.3 is 17.9 Å². The fraction of sp³-hybridized carbons (Fsp3) is 0.750. The summed E-state index contributed by atoms with van der Waals surface area (Å²) in [6.45, 7) is 0.747. The number of aliphatic carboxylic acids is 1. The van der Waals surface area contributed by atoms with Crippen LogP contribution in [-0.2, 0) is 23.9 Å². The molecule has 0 aromatic heterocycles. The molecule has 1 aliphatic rings. The van der Waals surface area contributed by atoms with Crippen LogP contribution in [0.3, 0.4) is 0 Å². The van der Waals surface area contributed by atoms with Gasteiger partial charge in [-0.3, -0.25) is 14.4 Å². The summed E-state index contributed by atoms with van der Waals surface area (Å²) in [7, 11) is 1.21. The molecule has 7 heteroatoms. The molecule has 1 aliphatic carbocycles. The quantitative estimate of drug-likeness (QED) is 0.660. The fourth-order valence-corrected chi connectivity index (χ4v) is 2.64. The molecule has 4 atom stereocenters. The summed E-state index contributed by atoms with van der Waals surface area (Å²) >= 11 is 0. The van der Waals surface area contributed by atoms with Crippen LogP contribution in [0.15, 0.2) is 0 Å². The Labute approximate surface area is 110 Å². The van der Waals surface area contributed by atoms with Crippen molar-refractivity contribution in [3.8, 4) is 0 Å². The number of hydrogen-bond acceptors (Lipinski definition) is 6. The largest absolute Gasteiger partial charge is 0.481 e. The summed E-state index contributed by atoms with van der Waals surface area (Å²) in [4.78, 5) is 33.6. The van der Waals surface area contributed by atoms with Crippen molar-refractivity contribution in [2.45, 2.75) is 13.3 Å². The van der Waals surface area contributed by atoms with E-state index in [0.717, 1.165) is 0 Å². The zero-order valence-corrected chi connectivity index (χ0v) is 10.9. The normalized spacial score (nSPS) is 29.8. The Morgan fingerprint density at radius 2 is 1.84 bits per heavy atom. The highest BCUT2D eigenvalue weighted by molar-refractivity contribution is 5.77. The van der Waals surface area contributed by atoms with Gasteiger partial charge < -0.3 is 19.7 Å². The molecule has 0 aromatic rings. The third-order valence-corrected chi connectivity index (χ3v) is 3.60. The number of ether oxygens (including phenoxy) is 2. The lowest BCUT2D eigenvalue weighted by molar-refractivity contribution is -0.150. The van der Waals surface area contributed by atoms with Gasteiger partial charge in [-0.2, -0.15) is 0 Å². The minimum atomic E-state index is -1.07. The molecule has 0 amide bonds. The van der Waals surface area contributed by atoms with Gasteiger partial charge in [-0.1, -0.05) is 0 Å². The van der Waals surface area contributed by atoms with E-state index < -0.39 is 41.6 Å². The zero-order valence-electron chi connectivity index (χ0n) is 10.9. The van der Waals surface area contributed by atoms with Gasteiger partial charge in [0.25, 0.3) is 0 Å². The number of aliphatic hydroxyl groups is 1. The Kier molecular flexibility index (Phi) is 5.29. The molecule has 0 spiro atoms. The van der Waals surface area contributed by atoms with Crippen molar-refractivity contribution in [3.05, 3.63) is 0 Å². The number of methoxy groups -OCH3 is 1. The van der Waals surface area contributed by atoms with Crippen molar-refractivity contribution in [2.24, 2.45) is 23.7 Å². The molecule has 0 heterocycles. The van der Waals surface area contributed by atoms with Crippen LogP contribution >= 0.6 is 0 Å². The van der Waals surface area contributed by atoms with Crippen molar-refractivity contribution in [1.29, 1.82) is 0 Å². The first kappa shape index (κ1) is 15.4. The van der Waals surface area contributed by atoms with Crippen LogP contribution in [0.5, 0.6) is 0 Å². The number of aliphatic hydroxyl groups excluding tert-OH is 1. The number of rotatable bonds is 5. The maximum atomic E-state index is 11.6. The highest BCUT2D eigenvalue weighted by atomic mass is 16.5. The van der Waals surface area contributed by atoms with Crippen molar-refractivity contribution in [1.82, 2.24) is 0 Å². The molecule has 7 nitrogen and oxygen atoms in total. The molecule has 1 saturated carbocycles. The van der Waals surface area contributed by atoms with Gasteiger partial charge in [-0.05, 0) is 6.42 Å². The Morgan fingerprint density at radius 1 is 1.21 bits per heavy atom. The van der Waals surface area contributed by atoms with Crippen LogP contribution in [0.2, 0.25) is 0 Å². The maximum absolute atomic E-state index is 11.6. The van der Waals surface area contributed by atoms with Crippen molar-refractivity contribution < 1.29 is 34.1 Å². The van der Waals surface area contributed by atoms with Gasteiger partial charge in [0.2, 0.25) is 0 Å². The van der Waals surface area contributed by atoms with Gasteiger partial charge in [0.15, 0.2) is 0 Å². The number of carboxylic acid groups (broad SMARTS) is 1. The van der Waals surface area contributed by atoms with Gasteiger partial charge in [-0.15, -0.1) is 0 Å². The summed E-state index contributed by atoms with van der Waals surface area (Å²) in [6, 6.07) is 0. The number of esters is 2. The lowest BCUT2D eigenvalue weighted by Gasteiger charge is -2.22. The number of carbonyl (C=O) groups excluding carboxylic acids is 2. The van der Waals surface area contributed by atoms with Crippen LogP contribution in [0, 0.1) is 23.7 Å². The van der Waals surface area contributed by atoms with E-state index in [1.807, 2.05) is 0 Å². The molecule has 108 valence electrons. The van der Waals surface area contributed by atoms with Gasteiger partial charge in [0.1, 0.15) is 0 Å². The summed E-state index contributed by atoms with van der Waals surface area (Å²) in [5.74, 6) is -4.82. The summed E-state index contributed by atoms with van der Waals surface area (Å²) < 4.78 is 9.45. The van der Waals surface area contributed by atoms with Crippen LogP contribution < -0.4 is 0 Å². The number of carboxylic acids is 1. The van der Waals surface area contributed by atoms with E-state index in [-0.39, 0.29) is 19.6 Å². The minimum absolute atomic E-state index is 0.0825. The molecule has 1 fully saturated rings. The first-order valence-corrected chi connectivity index (χ1v) is 5.97. The Morgan fingerprint density at radius 3 is 2.26 bits per heavy atom. The van der Waals surface area contributed by atoms with Crippen molar-refractivity contribution >= 4 is 17.9 Å². The lowest BCUT2D eigenvalue weighted by atomic mass is 9.88. The zero-order chi connectivity index (χ0) is 14.6. The molecule has 0 aromatic carbocycles. The predicted molar refractivity (Wildman–Crippen MR) is 61.9 cm³/mol. The van der Waals surface area contributed by atoms with E-state index in [1.54, 1.807) is 0 Å². The second kappa shape index (κ2) is 6.51. The predicted octanol–water partition coefficient (Wildman–Crippen LogP) is -0.332. The van der Waals surface area contributed by atoms with Gasteiger partial charge in [-0.25, -0.2) is 0 Å². The van der Waals surface area contributed by atoms with E-state index in [2.05, 4.69) is 4.74 Å². The lowest BCUT2D eigenvalue weighted by Crippen LogP contribution is -2.31. The summed E-state index contributed by atoms with van der Waals surface area (Å²) in [5.41, 5.74) is 0. The summed E-state index contributed by atoms with van der Waals surface area (Å²) in [6.07, 6.45) is 0.0825. The molecule has 0 aliphatic heterocycles. The molecular weight excluding hydrogens is 256 g/mol. The van der Waals surface area contributed by atoms with Crippen LogP contribution in [0.1, 0.15) is 13.3 Å². The Bertz CT molecular complexity index is 365. The smallest absolute Gasteiger partial charge is 0.309 e. The van der Waals surface area contributed by atoms with E-state index in [9.17, 15) is 19.5 Å². The first-order chi connectivity index (χ1) is 8.92. The molecule has 0 radical (unpaired) electrons. The second-order valence-electron chi connectivity index (χ2n) is 4.62. The SMILES string of the molecule is COC(=O)[C@H]1C[C@@H](C(=O)O)[C@H](COC(C)=O)[C@@H]1CO. The van der Waals surface area contributed by atoms with Crippen LogP contribution in [0.4, 0.5) is 0 Å². The van der Waals surface area contributed by atoms with Crippen LogP contribution in [0.25, 0.3) is 0 Å². The Balaban J connectivity index is 2.90. The fourth-order valence-electron chi connectivity index (χ4n) is 2.64. The highest BCUT2D eigenvalue weighted by Gasteiger charge is 2.50. The average molecular weight is 274 g/mol. The van der Waals surface area contributed by atoms with Crippen molar-refractivity contribution in [3.63, 3.8) is 0 Å². The van der Waals surface area contributed by atoms with Crippen molar-refractivity contribution in [2.75, 3.05) is 20.3 Å². The van der Waals surface area contributed by atoms with E-state index in [1.165, 1.54) is 14.0 Å². The van der Waals surface area contributed by atoms with Gasteiger partial charge in [0, 0.05) is 25.4 Å². The number of carbonyl (C=O) groups is 3. The first-order valence-electron chi connectivity index (χ1n) is 5.97. The molecule has 1 rings (SSSR count). The average Bonchev–Trinajstić information content (AvgIpc) is 2.73. The van der Waals surface area contributed by atoms with E-state index in [4.69, 9.17) is 9.84 Å². The third kappa shape index (κ3) is 3.44. The van der Waals surface area contributed by atoms with E-state index in [0.29, 0.717) is 0 Å². The monoisotopic (exact) mass is 274 g/mol. The van der Waals surface area contributed by atoms with Crippen LogP contribution in [-0.4, -0.2) is 48.4 Å². The molecule has 0 bridgehead atoms. The molecule has 19 heavy (non-hydrogen) atoms. The third-order valence-electron chi connectivity index (χ3n) is 3.60. The number of hydrogen-bond donors (Lipinski definition) is 2. The topological polar surface area (TPSA) is 110 Å². The summed E-state index contributed by atoms with van der Waals surface area (Å²) in [5, 5.41) is 18.5. The highest BCUT2D eigenvalue weighted by Crippen LogP contribution is 2.42. The standard InChI is InChI=1S/C12H18O7/c1-6(14)19-5-10-7(11(15)16)3-8(9(10)4-13)12(17)18-2/h7-10,13H,3-5H2,1-2H3,(H,15,16)/t7-,8+,9-,10+/m1/s1. The molecule has 2 N–H and O–H groups in total. The molecule has 0 saturated heterocycles. The molecular formula is C12H18O7. The maximum Gasteiger partial charge on any atom is 0.309 e. The second-order valence-corrected chi connectivity index (χ2v) is 4.62.